The average Bonchev–Trinajstić information content (AvgIpc) is 2.41. The van der Waals surface area contributed by atoms with Crippen molar-refractivity contribution in [2.75, 3.05) is 13.1 Å². The largest absolute Gasteiger partial charge is 0.508 e. The summed E-state index contributed by atoms with van der Waals surface area (Å²) in [6, 6.07) is 7.57. The molecule has 1 aliphatic carbocycles. The number of phenolic OH excluding ortho intramolecular Hbond substituents is 1. The first kappa shape index (κ1) is 13.2. The molecule has 0 bridgehead atoms. The number of allylic oxidation sites excluding steroid dienone is 2. The molecule has 2 nitrogen and oxygen atoms in total. The number of aromatic hydroxyl groups is 1. The number of hydrogen-bond acceptors (Lipinski definition) is 2. The lowest BCUT2D eigenvalue weighted by atomic mass is 9.94. The minimum absolute atomic E-state index is 0.346. The van der Waals surface area contributed by atoms with E-state index in [0.29, 0.717) is 5.75 Å². The second-order valence-electron chi connectivity index (χ2n) is 5.14. The van der Waals surface area contributed by atoms with Crippen LogP contribution in [0.25, 0.3) is 0 Å². The van der Waals surface area contributed by atoms with Crippen LogP contribution in [0.1, 0.15) is 31.7 Å². The molecule has 0 saturated carbocycles. The molecule has 1 N–H and O–H groups in total. The van der Waals surface area contributed by atoms with Crippen LogP contribution in [-0.2, 0) is 6.54 Å². The van der Waals surface area contributed by atoms with Gasteiger partial charge >= 0.3 is 0 Å². The molecular formula is C16H23NO. The third kappa shape index (κ3) is 3.88. The normalized spacial score (nSPS) is 19.3. The van der Waals surface area contributed by atoms with Crippen molar-refractivity contribution in [2.24, 2.45) is 5.92 Å². The van der Waals surface area contributed by atoms with Crippen LogP contribution >= 0.6 is 0 Å². The average molecular weight is 245 g/mol. The van der Waals surface area contributed by atoms with E-state index in [-0.39, 0.29) is 0 Å². The maximum Gasteiger partial charge on any atom is 0.115 e. The van der Waals surface area contributed by atoms with Crippen LogP contribution in [0.5, 0.6) is 5.75 Å². The molecule has 1 unspecified atom stereocenters. The van der Waals surface area contributed by atoms with Gasteiger partial charge in [-0.15, -0.1) is 0 Å². The number of phenols is 1. The summed E-state index contributed by atoms with van der Waals surface area (Å²) in [5.41, 5.74) is 1.28. The lowest BCUT2D eigenvalue weighted by Crippen LogP contribution is -2.29. The lowest BCUT2D eigenvalue weighted by Gasteiger charge is -2.27. The Kier molecular flexibility index (Phi) is 4.82. The zero-order valence-corrected chi connectivity index (χ0v) is 11.2. The Balaban J connectivity index is 1.88. The molecule has 1 atom stereocenters. The van der Waals surface area contributed by atoms with Crippen LogP contribution < -0.4 is 0 Å². The Hall–Kier alpha value is -1.28. The quantitative estimate of drug-likeness (QED) is 0.802. The number of benzene rings is 1. The van der Waals surface area contributed by atoms with Crippen molar-refractivity contribution in [1.82, 2.24) is 4.90 Å². The summed E-state index contributed by atoms with van der Waals surface area (Å²) in [6.07, 6.45) is 8.41. The standard InChI is InChI=1S/C16H23NO/c1-2-17(12-14-6-4-3-5-7-14)13-15-8-10-16(18)11-9-15/h3-4,8-11,14,18H,2,5-7,12-13H2,1H3. The lowest BCUT2D eigenvalue weighted by molar-refractivity contribution is 0.225. The van der Waals surface area contributed by atoms with E-state index in [1.807, 2.05) is 12.1 Å². The van der Waals surface area contributed by atoms with Gasteiger partial charge in [-0.05, 0) is 49.4 Å². The maximum atomic E-state index is 9.29. The molecular weight excluding hydrogens is 222 g/mol. The zero-order chi connectivity index (χ0) is 12.8. The fourth-order valence-electron chi connectivity index (χ4n) is 2.55. The molecule has 1 aromatic rings. The minimum Gasteiger partial charge on any atom is -0.508 e. The Labute approximate surface area is 110 Å². The second-order valence-corrected chi connectivity index (χ2v) is 5.14. The van der Waals surface area contributed by atoms with Gasteiger partial charge in [0, 0.05) is 13.1 Å². The first-order chi connectivity index (χ1) is 8.78. The number of nitrogens with zero attached hydrogens (tertiary/aromatic N) is 1. The smallest absolute Gasteiger partial charge is 0.115 e. The van der Waals surface area contributed by atoms with Gasteiger partial charge in [-0.1, -0.05) is 31.2 Å². The molecule has 2 rings (SSSR count). The van der Waals surface area contributed by atoms with Gasteiger partial charge < -0.3 is 5.11 Å². The maximum absolute atomic E-state index is 9.29. The fraction of sp³-hybridized carbons (Fsp3) is 0.500. The monoisotopic (exact) mass is 245 g/mol. The van der Waals surface area contributed by atoms with E-state index in [2.05, 4.69) is 24.0 Å². The molecule has 0 spiro atoms. The van der Waals surface area contributed by atoms with E-state index >= 15 is 0 Å². The van der Waals surface area contributed by atoms with Crippen LogP contribution in [0.15, 0.2) is 36.4 Å². The van der Waals surface area contributed by atoms with E-state index in [1.165, 1.54) is 31.4 Å². The zero-order valence-electron chi connectivity index (χ0n) is 11.2. The molecule has 0 aliphatic heterocycles. The molecule has 0 saturated heterocycles. The van der Waals surface area contributed by atoms with Crippen molar-refractivity contribution in [3.05, 3.63) is 42.0 Å². The van der Waals surface area contributed by atoms with Crippen LogP contribution in [-0.4, -0.2) is 23.1 Å². The van der Waals surface area contributed by atoms with E-state index in [0.717, 1.165) is 19.0 Å². The molecule has 18 heavy (non-hydrogen) atoms. The Morgan fingerprint density at radius 3 is 2.61 bits per heavy atom. The molecule has 0 aromatic heterocycles. The highest BCUT2D eigenvalue weighted by Gasteiger charge is 2.14. The van der Waals surface area contributed by atoms with Gasteiger partial charge in [-0.25, -0.2) is 0 Å². The topological polar surface area (TPSA) is 23.5 Å². The van der Waals surface area contributed by atoms with E-state index in [4.69, 9.17) is 0 Å². The third-order valence-electron chi connectivity index (χ3n) is 3.68. The first-order valence-electron chi connectivity index (χ1n) is 6.93. The first-order valence-corrected chi connectivity index (χ1v) is 6.93. The van der Waals surface area contributed by atoms with Crippen molar-refractivity contribution in [3.8, 4) is 5.75 Å². The fourth-order valence-corrected chi connectivity index (χ4v) is 2.55. The summed E-state index contributed by atoms with van der Waals surface area (Å²) in [7, 11) is 0. The highest BCUT2D eigenvalue weighted by Crippen LogP contribution is 2.20. The molecule has 0 radical (unpaired) electrons. The molecule has 0 heterocycles. The van der Waals surface area contributed by atoms with E-state index in [1.54, 1.807) is 12.1 Å². The van der Waals surface area contributed by atoms with Gasteiger partial charge in [0.25, 0.3) is 0 Å². The van der Waals surface area contributed by atoms with Gasteiger partial charge in [0.05, 0.1) is 0 Å². The van der Waals surface area contributed by atoms with Crippen molar-refractivity contribution < 1.29 is 5.11 Å². The summed E-state index contributed by atoms with van der Waals surface area (Å²) >= 11 is 0. The van der Waals surface area contributed by atoms with Crippen molar-refractivity contribution in [3.63, 3.8) is 0 Å². The molecule has 2 heteroatoms. The van der Waals surface area contributed by atoms with Crippen molar-refractivity contribution in [2.45, 2.75) is 32.7 Å². The summed E-state index contributed by atoms with van der Waals surface area (Å²) in [5.74, 6) is 1.16. The second kappa shape index (κ2) is 6.60. The van der Waals surface area contributed by atoms with Crippen LogP contribution in [0.2, 0.25) is 0 Å². The molecule has 1 aliphatic rings. The molecule has 0 amide bonds. The minimum atomic E-state index is 0.346. The van der Waals surface area contributed by atoms with Crippen LogP contribution in [0.4, 0.5) is 0 Å². The third-order valence-corrected chi connectivity index (χ3v) is 3.68. The summed E-state index contributed by atoms with van der Waals surface area (Å²) in [5, 5.41) is 9.29. The Bertz CT molecular complexity index is 383. The van der Waals surface area contributed by atoms with Gasteiger partial charge in [-0.3, -0.25) is 4.90 Å². The predicted octanol–water partition coefficient (Wildman–Crippen LogP) is 3.57. The van der Waals surface area contributed by atoms with Crippen LogP contribution in [0, 0.1) is 5.92 Å². The van der Waals surface area contributed by atoms with Crippen LogP contribution in [0.3, 0.4) is 0 Å². The number of rotatable bonds is 5. The summed E-state index contributed by atoms with van der Waals surface area (Å²) < 4.78 is 0. The molecule has 98 valence electrons. The van der Waals surface area contributed by atoms with Gasteiger partial charge in [0.15, 0.2) is 0 Å². The van der Waals surface area contributed by atoms with Gasteiger partial charge in [0.1, 0.15) is 5.75 Å². The molecule has 1 aromatic carbocycles. The van der Waals surface area contributed by atoms with Gasteiger partial charge in [0.2, 0.25) is 0 Å². The molecule has 0 fully saturated rings. The van der Waals surface area contributed by atoms with Crippen molar-refractivity contribution in [1.29, 1.82) is 0 Å². The summed E-state index contributed by atoms with van der Waals surface area (Å²) in [6.45, 7) is 5.47. The summed E-state index contributed by atoms with van der Waals surface area (Å²) in [4.78, 5) is 2.50. The van der Waals surface area contributed by atoms with Gasteiger partial charge in [-0.2, -0.15) is 0 Å². The Morgan fingerprint density at radius 2 is 2.00 bits per heavy atom. The van der Waals surface area contributed by atoms with E-state index < -0.39 is 0 Å². The Morgan fingerprint density at radius 1 is 1.22 bits per heavy atom. The highest BCUT2D eigenvalue weighted by molar-refractivity contribution is 5.25. The van der Waals surface area contributed by atoms with E-state index in [9.17, 15) is 5.11 Å². The highest BCUT2D eigenvalue weighted by atomic mass is 16.3. The SMILES string of the molecule is CCN(Cc1ccc(O)cc1)CC1CC=CCC1. The van der Waals surface area contributed by atoms with Crippen molar-refractivity contribution >= 4 is 0 Å². The predicted molar refractivity (Wildman–Crippen MR) is 75.5 cm³/mol. The number of hydrogen-bond donors (Lipinski definition) is 1.